The van der Waals surface area contributed by atoms with Gasteiger partial charge in [-0.15, -0.1) is 0 Å². The predicted octanol–water partition coefficient (Wildman–Crippen LogP) is 5.93. The Morgan fingerprint density at radius 1 is 1.11 bits per heavy atom. The summed E-state index contributed by atoms with van der Waals surface area (Å²) in [5.41, 5.74) is -2.90. The molecule has 0 bridgehead atoms. The van der Waals surface area contributed by atoms with E-state index in [-0.39, 0.29) is 68.7 Å². The third kappa shape index (κ3) is 7.01. The van der Waals surface area contributed by atoms with Crippen molar-refractivity contribution < 1.29 is 41.0 Å². The molecule has 2 fully saturated rings. The minimum Gasteiger partial charge on any atom is -0.481 e. The second kappa shape index (κ2) is 13.0. The number of hydrogen-bond donors (Lipinski definition) is 2. The normalized spacial score (nSPS) is 21.2. The first-order chi connectivity index (χ1) is 21.7. The van der Waals surface area contributed by atoms with Crippen molar-refractivity contribution in [3.63, 3.8) is 0 Å². The molecule has 2 atom stereocenters. The molecule has 0 radical (unpaired) electrons. The second-order valence-corrected chi connectivity index (χ2v) is 12.4. The van der Waals surface area contributed by atoms with Crippen molar-refractivity contribution in [3.05, 3.63) is 77.1 Å². The lowest BCUT2D eigenvalue weighted by Crippen LogP contribution is -2.45. The van der Waals surface area contributed by atoms with Crippen LogP contribution in [0.4, 0.5) is 38.0 Å². The molecule has 2 saturated heterocycles. The van der Waals surface area contributed by atoms with Crippen molar-refractivity contribution in [1.29, 1.82) is 0 Å². The first kappa shape index (κ1) is 33.3. The third-order valence-electron chi connectivity index (χ3n) is 8.66. The highest BCUT2D eigenvalue weighted by Crippen LogP contribution is 2.42. The van der Waals surface area contributed by atoms with Crippen molar-refractivity contribution in [2.45, 2.75) is 51.0 Å². The Balaban J connectivity index is 1.41. The van der Waals surface area contributed by atoms with Crippen LogP contribution in [0.25, 0.3) is 0 Å². The van der Waals surface area contributed by atoms with Gasteiger partial charge in [0.2, 0.25) is 11.6 Å². The summed E-state index contributed by atoms with van der Waals surface area (Å²) < 4.78 is 87.8. The zero-order valence-corrected chi connectivity index (χ0v) is 25.3. The maximum atomic E-state index is 16.8. The lowest BCUT2D eigenvalue weighted by molar-refractivity contribution is -0.142. The van der Waals surface area contributed by atoms with Crippen LogP contribution >= 0.6 is 0 Å². The molecule has 14 heteroatoms. The van der Waals surface area contributed by atoms with Crippen LogP contribution in [0.5, 0.6) is 0 Å². The number of likely N-dealkylation sites (tertiary alicyclic amines) is 1. The molecular formula is C32H35F6N5O3. The van der Waals surface area contributed by atoms with E-state index in [1.807, 2.05) is 13.8 Å². The zero-order valence-electron chi connectivity index (χ0n) is 25.3. The number of amides is 1. The van der Waals surface area contributed by atoms with Gasteiger partial charge >= 0.3 is 12.1 Å². The molecule has 0 unspecified atom stereocenters. The van der Waals surface area contributed by atoms with Crippen LogP contribution in [0.1, 0.15) is 49.3 Å². The van der Waals surface area contributed by atoms with Crippen molar-refractivity contribution in [1.82, 2.24) is 14.5 Å². The number of piperidine rings is 1. The third-order valence-corrected chi connectivity index (χ3v) is 8.66. The van der Waals surface area contributed by atoms with Crippen LogP contribution in [0, 0.1) is 23.5 Å². The van der Waals surface area contributed by atoms with Gasteiger partial charge in [-0.2, -0.15) is 13.2 Å². The number of carboxylic acids is 1. The summed E-state index contributed by atoms with van der Waals surface area (Å²) in [6, 6.07) is 6.08. The highest BCUT2D eigenvalue weighted by atomic mass is 19.4. The average molecular weight is 652 g/mol. The second-order valence-electron chi connectivity index (χ2n) is 12.4. The molecule has 1 amide bonds. The van der Waals surface area contributed by atoms with Crippen molar-refractivity contribution in [2.75, 3.05) is 42.9 Å². The predicted molar refractivity (Wildman–Crippen MR) is 158 cm³/mol. The molecule has 46 heavy (non-hydrogen) atoms. The molecule has 8 nitrogen and oxygen atoms in total. The number of carboxylic acid groups (broad SMARTS) is 1. The molecule has 0 saturated carbocycles. The Kier molecular flexibility index (Phi) is 9.39. The number of nitrogens with zero attached hydrogens (tertiary/aromatic N) is 4. The molecule has 2 aliphatic rings. The van der Waals surface area contributed by atoms with Crippen LogP contribution < -0.4 is 10.2 Å². The van der Waals surface area contributed by atoms with E-state index < -0.39 is 52.8 Å². The standard InChI is InChI=1S/C32H35F6N5O3/c1-19(2)15-41-17-25(24-6-5-23(33)14-26(24)34)31(35,18-41)29(46)40-30-39-9-12-43(30)16-21-3-4-22(32(36,37)38)13-27(21)42-10-7-20(8-11-42)28(44)45/h3-6,9,12-14,19-20,25H,7-8,10-11,15-18H2,1-2H3,(H,44,45)(H,39,40,46)/t25-,31-/m0/s1. The molecule has 0 aliphatic carbocycles. The van der Waals surface area contributed by atoms with Crippen molar-refractivity contribution in [2.24, 2.45) is 11.8 Å². The first-order valence-corrected chi connectivity index (χ1v) is 15.0. The van der Waals surface area contributed by atoms with Gasteiger partial charge in [0.05, 0.1) is 18.0 Å². The molecule has 2 aliphatic heterocycles. The highest BCUT2D eigenvalue weighted by Gasteiger charge is 2.54. The molecule has 3 aromatic rings. The molecule has 0 spiro atoms. The van der Waals surface area contributed by atoms with Gasteiger partial charge < -0.3 is 14.6 Å². The number of alkyl halides is 4. The van der Waals surface area contributed by atoms with Gasteiger partial charge in [-0.3, -0.25) is 19.8 Å². The van der Waals surface area contributed by atoms with E-state index in [0.29, 0.717) is 18.2 Å². The summed E-state index contributed by atoms with van der Waals surface area (Å²) in [6.45, 7) is 4.39. The van der Waals surface area contributed by atoms with Gasteiger partial charge in [0.1, 0.15) is 11.6 Å². The summed E-state index contributed by atoms with van der Waals surface area (Å²) in [4.78, 5) is 32.6. The monoisotopic (exact) mass is 651 g/mol. The van der Waals surface area contributed by atoms with E-state index in [1.54, 1.807) is 9.80 Å². The fourth-order valence-electron chi connectivity index (χ4n) is 6.40. The van der Waals surface area contributed by atoms with E-state index in [4.69, 9.17) is 0 Å². The number of aliphatic carboxylic acids is 1. The van der Waals surface area contributed by atoms with E-state index in [1.165, 1.54) is 23.0 Å². The quantitative estimate of drug-likeness (QED) is 0.279. The van der Waals surface area contributed by atoms with Crippen LogP contribution in [0.3, 0.4) is 0 Å². The number of imidazole rings is 1. The molecule has 1 aromatic heterocycles. The number of hydrogen-bond acceptors (Lipinski definition) is 5. The molecule has 2 aromatic carbocycles. The van der Waals surface area contributed by atoms with Crippen molar-refractivity contribution >= 4 is 23.5 Å². The van der Waals surface area contributed by atoms with E-state index in [9.17, 15) is 36.6 Å². The maximum Gasteiger partial charge on any atom is 0.416 e. The molecule has 3 heterocycles. The number of carbonyl (C=O) groups excluding carboxylic acids is 1. The molecule has 5 rings (SSSR count). The Hall–Kier alpha value is -4.07. The van der Waals surface area contributed by atoms with Gasteiger partial charge in [-0.1, -0.05) is 26.0 Å². The number of benzene rings is 2. The van der Waals surface area contributed by atoms with E-state index in [0.717, 1.165) is 24.3 Å². The number of nitrogens with one attached hydrogen (secondary N) is 1. The lowest BCUT2D eigenvalue weighted by Gasteiger charge is -2.34. The number of aromatic nitrogens is 2. The minimum absolute atomic E-state index is 0.0204. The van der Waals surface area contributed by atoms with E-state index in [2.05, 4.69) is 10.3 Å². The van der Waals surface area contributed by atoms with Crippen LogP contribution in [0.15, 0.2) is 48.8 Å². The van der Waals surface area contributed by atoms with Crippen LogP contribution in [0.2, 0.25) is 0 Å². The number of carbonyl (C=O) groups is 2. The molecule has 2 N–H and O–H groups in total. The summed E-state index contributed by atoms with van der Waals surface area (Å²) in [5, 5.41) is 11.9. The first-order valence-electron chi connectivity index (χ1n) is 15.0. The van der Waals surface area contributed by atoms with Crippen LogP contribution in [-0.2, 0) is 22.3 Å². The minimum atomic E-state index is -4.61. The summed E-state index contributed by atoms with van der Waals surface area (Å²) in [7, 11) is 0. The number of rotatable bonds is 9. The fourth-order valence-corrected chi connectivity index (χ4v) is 6.40. The number of halogens is 6. The average Bonchev–Trinajstić information content (AvgIpc) is 3.55. The molecular weight excluding hydrogens is 616 g/mol. The van der Waals surface area contributed by atoms with Gasteiger partial charge in [0.25, 0.3) is 5.91 Å². The van der Waals surface area contributed by atoms with Crippen molar-refractivity contribution in [3.8, 4) is 0 Å². The largest absolute Gasteiger partial charge is 0.481 e. The maximum absolute atomic E-state index is 16.8. The highest BCUT2D eigenvalue weighted by molar-refractivity contribution is 5.97. The Morgan fingerprint density at radius 2 is 1.83 bits per heavy atom. The zero-order chi connectivity index (χ0) is 33.4. The van der Waals surface area contributed by atoms with Gasteiger partial charge in [-0.05, 0) is 48.1 Å². The Labute approximate surface area is 262 Å². The Morgan fingerprint density at radius 3 is 2.46 bits per heavy atom. The SMILES string of the molecule is CC(C)CN1C[C@@H](c2ccc(F)cc2F)[C@](F)(C(=O)Nc2nccn2Cc2ccc(C(F)(F)F)cc2N2CCC(C(=O)O)CC2)C1. The molecule has 248 valence electrons. The summed E-state index contributed by atoms with van der Waals surface area (Å²) in [5.74, 6) is -5.61. The number of anilines is 2. The Bertz CT molecular complexity index is 1590. The van der Waals surface area contributed by atoms with Gasteiger partial charge in [-0.25, -0.2) is 18.2 Å². The summed E-state index contributed by atoms with van der Waals surface area (Å²) in [6.07, 6.45) is -1.25. The van der Waals surface area contributed by atoms with Crippen LogP contribution in [-0.4, -0.2) is 69.8 Å². The summed E-state index contributed by atoms with van der Waals surface area (Å²) >= 11 is 0. The van der Waals surface area contributed by atoms with Gasteiger partial charge in [0, 0.05) is 62.8 Å². The smallest absolute Gasteiger partial charge is 0.416 e. The topological polar surface area (TPSA) is 90.7 Å². The van der Waals surface area contributed by atoms with E-state index >= 15 is 4.39 Å². The fraction of sp³-hybridized carbons (Fsp3) is 0.469. The van der Waals surface area contributed by atoms with Gasteiger partial charge in [0.15, 0.2) is 0 Å². The lowest BCUT2D eigenvalue weighted by atomic mass is 9.85.